The Bertz CT molecular complexity index is 1220. The molecule has 0 unspecified atom stereocenters. The fourth-order valence-electron chi connectivity index (χ4n) is 3.25. The van der Waals surface area contributed by atoms with Crippen LogP contribution in [0, 0.1) is 5.82 Å². The Hall–Kier alpha value is -2.79. The number of aromatic nitrogens is 2. The van der Waals surface area contributed by atoms with Gasteiger partial charge in [-0.2, -0.15) is 4.31 Å². The van der Waals surface area contributed by atoms with Gasteiger partial charge in [-0.05, 0) is 48.5 Å². The predicted octanol–water partition coefficient (Wildman–Crippen LogP) is 3.71. The van der Waals surface area contributed by atoms with Gasteiger partial charge in [-0.1, -0.05) is 11.6 Å². The van der Waals surface area contributed by atoms with E-state index in [0.29, 0.717) is 30.3 Å². The molecule has 11 heteroatoms. The van der Waals surface area contributed by atoms with Gasteiger partial charge in [-0.15, -0.1) is 10.2 Å². The minimum atomic E-state index is -3.78. The summed E-state index contributed by atoms with van der Waals surface area (Å²) >= 11 is 5.77. The second-order valence-corrected chi connectivity index (χ2v) is 9.28. The monoisotopic (exact) mass is 478 g/mol. The maximum absolute atomic E-state index is 14.0. The maximum atomic E-state index is 14.0. The van der Waals surface area contributed by atoms with Gasteiger partial charge in [0.15, 0.2) is 5.82 Å². The van der Waals surface area contributed by atoms with E-state index in [9.17, 15) is 12.8 Å². The lowest BCUT2D eigenvalue weighted by atomic mass is 10.1. The van der Waals surface area contributed by atoms with Gasteiger partial charge >= 0.3 is 0 Å². The van der Waals surface area contributed by atoms with E-state index in [4.69, 9.17) is 21.1 Å². The Balaban J connectivity index is 1.61. The van der Waals surface area contributed by atoms with E-state index in [1.807, 2.05) is 0 Å². The van der Waals surface area contributed by atoms with Crippen molar-refractivity contribution in [3.05, 3.63) is 59.4 Å². The van der Waals surface area contributed by atoms with Crippen LogP contribution in [0.3, 0.4) is 0 Å². The predicted molar refractivity (Wildman–Crippen MR) is 118 cm³/mol. The zero-order valence-electron chi connectivity index (χ0n) is 17.1. The van der Waals surface area contributed by atoms with E-state index >= 15 is 0 Å². The third kappa shape index (κ3) is 4.68. The quantitative estimate of drug-likeness (QED) is 0.577. The minimum Gasteiger partial charge on any atom is -0.495 e. The molecule has 1 N–H and O–H groups in total. The Morgan fingerprint density at radius 3 is 2.53 bits per heavy atom. The van der Waals surface area contributed by atoms with Crippen LogP contribution in [-0.4, -0.2) is 56.3 Å². The summed E-state index contributed by atoms with van der Waals surface area (Å²) in [6.07, 6.45) is 0. The van der Waals surface area contributed by atoms with Gasteiger partial charge in [0.1, 0.15) is 16.5 Å². The second-order valence-electron chi connectivity index (χ2n) is 6.94. The van der Waals surface area contributed by atoms with Crippen LogP contribution < -0.4 is 10.1 Å². The molecule has 0 spiro atoms. The van der Waals surface area contributed by atoms with E-state index in [1.54, 1.807) is 30.3 Å². The number of morpholine rings is 1. The Morgan fingerprint density at radius 1 is 1.09 bits per heavy atom. The summed E-state index contributed by atoms with van der Waals surface area (Å²) < 4.78 is 52.2. The molecule has 1 aliphatic heterocycles. The highest BCUT2D eigenvalue weighted by molar-refractivity contribution is 7.89. The van der Waals surface area contributed by atoms with Gasteiger partial charge in [0.25, 0.3) is 0 Å². The molecular formula is C21H20ClFN4O4S. The molecule has 8 nitrogen and oxygen atoms in total. The van der Waals surface area contributed by atoms with Crippen LogP contribution in [0.15, 0.2) is 53.4 Å². The van der Waals surface area contributed by atoms with Crippen molar-refractivity contribution in [2.75, 3.05) is 38.7 Å². The molecule has 4 rings (SSSR count). The van der Waals surface area contributed by atoms with Crippen molar-refractivity contribution in [1.82, 2.24) is 14.5 Å². The summed E-state index contributed by atoms with van der Waals surface area (Å²) in [7, 11) is -2.36. The third-order valence-corrected chi connectivity index (χ3v) is 7.06. The molecule has 32 heavy (non-hydrogen) atoms. The first kappa shape index (κ1) is 22.4. The van der Waals surface area contributed by atoms with Gasteiger partial charge in [-0.3, -0.25) is 0 Å². The highest BCUT2D eigenvalue weighted by Gasteiger charge is 2.29. The van der Waals surface area contributed by atoms with Crippen LogP contribution in [-0.2, 0) is 14.8 Å². The molecule has 1 fully saturated rings. The van der Waals surface area contributed by atoms with Gasteiger partial charge in [0.05, 0.1) is 31.7 Å². The van der Waals surface area contributed by atoms with Crippen LogP contribution in [0.1, 0.15) is 0 Å². The molecule has 0 radical (unpaired) electrons. The number of hydrogen-bond donors (Lipinski definition) is 1. The molecular weight excluding hydrogens is 459 g/mol. The topological polar surface area (TPSA) is 93.7 Å². The molecule has 2 heterocycles. The molecule has 168 valence electrons. The first-order valence-corrected chi connectivity index (χ1v) is 11.5. The number of ether oxygens (including phenoxy) is 2. The lowest BCUT2D eigenvalue weighted by molar-refractivity contribution is 0.0729. The van der Waals surface area contributed by atoms with Crippen LogP contribution in [0.25, 0.3) is 11.3 Å². The van der Waals surface area contributed by atoms with Crippen LogP contribution in [0.5, 0.6) is 5.75 Å². The summed E-state index contributed by atoms with van der Waals surface area (Å²) in [4.78, 5) is 0.0478. The Labute approximate surface area is 190 Å². The molecule has 0 bridgehead atoms. The van der Waals surface area contributed by atoms with Crippen molar-refractivity contribution in [3.8, 4) is 17.0 Å². The SMILES string of the molecule is COc1ccc(-c2ccc(Nc3ccc(Cl)cc3F)nn2)cc1S(=O)(=O)N1CCOCC1. The Kier molecular flexibility index (Phi) is 6.56. The summed E-state index contributed by atoms with van der Waals surface area (Å²) in [6.45, 7) is 1.24. The van der Waals surface area contributed by atoms with E-state index < -0.39 is 15.8 Å². The highest BCUT2D eigenvalue weighted by Crippen LogP contribution is 2.32. The van der Waals surface area contributed by atoms with Crippen molar-refractivity contribution < 1.29 is 22.3 Å². The number of anilines is 2. The summed E-state index contributed by atoms with van der Waals surface area (Å²) in [6, 6.07) is 12.3. The molecule has 3 aromatic rings. The summed E-state index contributed by atoms with van der Waals surface area (Å²) in [5.74, 6) is 0.0471. The standard InChI is InChI=1S/C21H20ClFN4O4S/c1-30-19-6-2-14(12-20(19)32(28,29)27-8-10-31-11-9-27)17-5-7-21(26-25-17)24-18-4-3-15(22)13-16(18)23/h2-7,12-13H,8-11H2,1H3,(H,24,26). The second kappa shape index (κ2) is 9.37. The van der Waals surface area contributed by atoms with Crippen molar-refractivity contribution in [1.29, 1.82) is 0 Å². The molecule has 0 saturated carbocycles. The lowest BCUT2D eigenvalue weighted by Crippen LogP contribution is -2.40. The number of methoxy groups -OCH3 is 1. The van der Waals surface area contributed by atoms with Crippen LogP contribution in [0.4, 0.5) is 15.9 Å². The fourth-order valence-corrected chi connectivity index (χ4v) is 4.99. The Morgan fingerprint density at radius 2 is 1.88 bits per heavy atom. The zero-order valence-corrected chi connectivity index (χ0v) is 18.7. The van der Waals surface area contributed by atoms with E-state index in [2.05, 4.69) is 15.5 Å². The van der Waals surface area contributed by atoms with Gasteiger partial charge in [0.2, 0.25) is 10.0 Å². The van der Waals surface area contributed by atoms with Gasteiger partial charge in [-0.25, -0.2) is 12.8 Å². The van der Waals surface area contributed by atoms with Gasteiger partial charge < -0.3 is 14.8 Å². The van der Waals surface area contributed by atoms with E-state index in [0.717, 1.165) is 0 Å². The molecule has 1 saturated heterocycles. The molecule has 0 amide bonds. The summed E-state index contributed by atoms with van der Waals surface area (Å²) in [5, 5.41) is 11.3. The van der Waals surface area contributed by atoms with Crippen molar-refractivity contribution in [3.63, 3.8) is 0 Å². The molecule has 0 aliphatic carbocycles. The average molecular weight is 479 g/mol. The number of nitrogens with zero attached hydrogens (tertiary/aromatic N) is 3. The molecule has 2 aromatic carbocycles. The third-order valence-electron chi connectivity index (χ3n) is 4.91. The average Bonchev–Trinajstić information content (AvgIpc) is 2.81. The minimum absolute atomic E-state index is 0.0478. The number of hydrogen-bond acceptors (Lipinski definition) is 7. The first-order chi connectivity index (χ1) is 15.4. The smallest absolute Gasteiger partial charge is 0.246 e. The van der Waals surface area contributed by atoms with Crippen molar-refractivity contribution in [2.45, 2.75) is 4.90 Å². The van der Waals surface area contributed by atoms with Crippen LogP contribution >= 0.6 is 11.6 Å². The molecule has 1 aliphatic rings. The number of sulfonamides is 1. The van der Waals surface area contributed by atoms with E-state index in [1.165, 1.54) is 29.6 Å². The normalized spacial score (nSPS) is 14.8. The number of benzene rings is 2. The maximum Gasteiger partial charge on any atom is 0.246 e. The fraction of sp³-hybridized carbons (Fsp3) is 0.238. The number of halogens is 2. The van der Waals surface area contributed by atoms with E-state index in [-0.39, 0.29) is 34.4 Å². The summed E-state index contributed by atoms with van der Waals surface area (Å²) in [5.41, 5.74) is 1.21. The van der Waals surface area contributed by atoms with Crippen LogP contribution in [0.2, 0.25) is 5.02 Å². The van der Waals surface area contributed by atoms with Crippen molar-refractivity contribution >= 4 is 33.1 Å². The number of nitrogens with one attached hydrogen (secondary N) is 1. The highest BCUT2D eigenvalue weighted by atomic mass is 35.5. The first-order valence-electron chi connectivity index (χ1n) is 9.70. The molecule has 1 aromatic heterocycles. The zero-order chi connectivity index (χ0) is 22.7. The number of rotatable bonds is 6. The van der Waals surface area contributed by atoms with Crippen molar-refractivity contribution in [2.24, 2.45) is 0 Å². The largest absolute Gasteiger partial charge is 0.495 e. The van der Waals surface area contributed by atoms with Gasteiger partial charge in [0, 0.05) is 23.7 Å². The lowest BCUT2D eigenvalue weighted by Gasteiger charge is -2.26. The molecule has 0 atom stereocenters.